The molecule has 1 aliphatic rings. The number of rotatable bonds is 6. The fourth-order valence-corrected chi connectivity index (χ4v) is 5.51. The van der Waals surface area contributed by atoms with E-state index in [2.05, 4.69) is 36.4 Å². The van der Waals surface area contributed by atoms with Crippen molar-refractivity contribution < 1.29 is 13.2 Å². The number of carbonyl (C=O) groups excluding carboxylic acids is 1. The second-order valence-corrected chi connectivity index (χ2v) is 10.7. The van der Waals surface area contributed by atoms with Crippen LogP contribution in [0.15, 0.2) is 66.7 Å². The summed E-state index contributed by atoms with van der Waals surface area (Å²) in [5, 5.41) is 7.52. The predicted molar refractivity (Wildman–Crippen MR) is 128 cm³/mol. The minimum Gasteiger partial charge on any atom is -0.307 e. The average Bonchev–Trinajstić information content (AvgIpc) is 3.36. The highest BCUT2D eigenvalue weighted by Gasteiger charge is 2.31. The van der Waals surface area contributed by atoms with Crippen LogP contribution < -0.4 is 5.32 Å². The molecule has 3 aromatic rings. The Morgan fingerprint density at radius 1 is 1.12 bits per heavy atom. The van der Waals surface area contributed by atoms with Gasteiger partial charge in [0.25, 0.3) is 0 Å². The summed E-state index contributed by atoms with van der Waals surface area (Å²) >= 11 is 0. The number of hydrogen-bond acceptors (Lipinski definition) is 4. The molecule has 0 spiro atoms. The summed E-state index contributed by atoms with van der Waals surface area (Å²) in [5.41, 5.74) is 3.78. The van der Waals surface area contributed by atoms with E-state index >= 15 is 0 Å². The number of aromatic nitrogens is 2. The monoisotopic (exact) mass is 449 g/mol. The van der Waals surface area contributed by atoms with Crippen LogP contribution in [0.1, 0.15) is 43.4 Å². The topological polar surface area (TPSA) is 81.1 Å². The number of sulfone groups is 1. The van der Waals surface area contributed by atoms with Crippen LogP contribution in [-0.4, -0.2) is 35.6 Å². The number of amides is 1. The fourth-order valence-electron chi connectivity index (χ4n) is 3.82. The lowest BCUT2D eigenvalue weighted by Crippen LogP contribution is -2.18. The van der Waals surface area contributed by atoms with Gasteiger partial charge in [-0.15, -0.1) is 0 Å². The van der Waals surface area contributed by atoms with Gasteiger partial charge in [-0.05, 0) is 29.5 Å². The molecule has 1 saturated heterocycles. The van der Waals surface area contributed by atoms with E-state index in [1.165, 1.54) is 11.6 Å². The maximum atomic E-state index is 12.6. The molecular formula is C25H27N3O3S. The molecule has 1 atom stereocenters. The number of hydrogen-bond donors (Lipinski definition) is 1. The molecule has 1 unspecified atom stereocenters. The molecule has 2 aromatic carbocycles. The second-order valence-electron chi connectivity index (χ2n) is 8.43. The zero-order chi connectivity index (χ0) is 22.7. The average molecular weight is 450 g/mol. The lowest BCUT2D eigenvalue weighted by Gasteiger charge is -2.13. The van der Waals surface area contributed by atoms with E-state index in [9.17, 15) is 13.2 Å². The highest BCUT2D eigenvalue weighted by molar-refractivity contribution is 7.91. The lowest BCUT2D eigenvalue weighted by atomic mass is 10.0. The van der Waals surface area contributed by atoms with E-state index in [1.54, 1.807) is 16.8 Å². The lowest BCUT2D eigenvalue weighted by molar-refractivity contribution is -0.111. The van der Waals surface area contributed by atoms with Crippen molar-refractivity contribution in [3.8, 4) is 11.3 Å². The summed E-state index contributed by atoms with van der Waals surface area (Å²) in [6, 6.07) is 19.2. The van der Waals surface area contributed by atoms with Gasteiger partial charge in [0, 0.05) is 17.7 Å². The Kier molecular flexibility index (Phi) is 6.28. The molecular weight excluding hydrogens is 422 g/mol. The molecule has 1 aromatic heterocycles. The molecule has 1 amide bonds. The van der Waals surface area contributed by atoms with Crippen molar-refractivity contribution in [2.24, 2.45) is 0 Å². The van der Waals surface area contributed by atoms with E-state index in [0.717, 1.165) is 11.1 Å². The van der Waals surface area contributed by atoms with Crippen LogP contribution >= 0.6 is 0 Å². The van der Waals surface area contributed by atoms with Gasteiger partial charge in [0.2, 0.25) is 5.91 Å². The summed E-state index contributed by atoms with van der Waals surface area (Å²) in [5.74, 6) is 0.826. The number of benzene rings is 2. The zero-order valence-electron chi connectivity index (χ0n) is 18.2. The third kappa shape index (κ3) is 5.16. The van der Waals surface area contributed by atoms with Crippen LogP contribution in [0.4, 0.5) is 5.82 Å². The van der Waals surface area contributed by atoms with Crippen molar-refractivity contribution in [1.29, 1.82) is 0 Å². The van der Waals surface area contributed by atoms with Gasteiger partial charge in [-0.1, -0.05) is 68.4 Å². The molecule has 0 saturated carbocycles. The molecule has 166 valence electrons. The van der Waals surface area contributed by atoms with Crippen LogP contribution in [0.25, 0.3) is 17.3 Å². The molecule has 1 N–H and O–H groups in total. The Morgan fingerprint density at radius 2 is 1.84 bits per heavy atom. The standard InChI is InChI=1S/C25H27N3O3S/c1-18(2)20-11-8-19(9-12-20)10-13-25(29)26-24-16-23(21-6-4-3-5-7-21)27-28(24)22-14-15-32(30,31)17-22/h3-13,16,18,22H,14-15,17H2,1-2H3,(H,26,29). The molecule has 1 aliphatic heterocycles. The van der Waals surface area contributed by atoms with Crippen molar-refractivity contribution in [2.45, 2.75) is 32.2 Å². The van der Waals surface area contributed by atoms with Crippen molar-refractivity contribution >= 4 is 27.6 Å². The van der Waals surface area contributed by atoms with Gasteiger partial charge < -0.3 is 5.32 Å². The van der Waals surface area contributed by atoms with E-state index in [-0.39, 0.29) is 23.5 Å². The second kappa shape index (κ2) is 9.12. The first kappa shape index (κ1) is 22.0. The predicted octanol–water partition coefficient (Wildman–Crippen LogP) is 4.69. The van der Waals surface area contributed by atoms with Gasteiger partial charge >= 0.3 is 0 Å². The van der Waals surface area contributed by atoms with E-state index in [0.29, 0.717) is 23.9 Å². The smallest absolute Gasteiger partial charge is 0.249 e. The third-order valence-electron chi connectivity index (χ3n) is 5.64. The summed E-state index contributed by atoms with van der Waals surface area (Å²) in [6.07, 6.45) is 3.73. The van der Waals surface area contributed by atoms with Crippen molar-refractivity contribution in [3.63, 3.8) is 0 Å². The Labute approximate surface area is 188 Å². The molecule has 32 heavy (non-hydrogen) atoms. The molecule has 2 heterocycles. The van der Waals surface area contributed by atoms with Gasteiger partial charge in [0.15, 0.2) is 9.84 Å². The molecule has 4 rings (SSSR count). The molecule has 1 fully saturated rings. The Balaban J connectivity index is 1.56. The Bertz CT molecular complexity index is 1230. The van der Waals surface area contributed by atoms with Gasteiger partial charge in [0.1, 0.15) is 5.82 Å². The maximum absolute atomic E-state index is 12.6. The maximum Gasteiger partial charge on any atom is 0.249 e. The number of anilines is 1. The third-order valence-corrected chi connectivity index (χ3v) is 7.39. The highest BCUT2D eigenvalue weighted by atomic mass is 32.2. The molecule has 6 nitrogen and oxygen atoms in total. The van der Waals surface area contributed by atoms with Crippen molar-refractivity contribution in [2.75, 3.05) is 16.8 Å². The first-order chi connectivity index (χ1) is 15.3. The number of nitrogens with one attached hydrogen (secondary N) is 1. The summed E-state index contributed by atoms with van der Waals surface area (Å²) in [4.78, 5) is 12.6. The van der Waals surface area contributed by atoms with E-state index in [1.807, 2.05) is 42.5 Å². The minimum absolute atomic E-state index is 0.0316. The van der Waals surface area contributed by atoms with Gasteiger partial charge in [-0.25, -0.2) is 13.1 Å². The van der Waals surface area contributed by atoms with Crippen LogP contribution in [0, 0.1) is 0 Å². The molecule has 0 radical (unpaired) electrons. The highest BCUT2D eigenvalue weighted by Crippen LogP contribution is 2.30. The van der Waals surface area contributed by atoms with Crippen LogP contribution in [-0.2, 0) is 14.6 Å². The first-order valence-electron chi connectivity index (χ1n) is 10.8. The fraction of sp³-hybridized carbons (Fsp3) is 0.280. The van der Waals surface area contributed by atoms with Crippen molar-refractivity contribution in [1.82, 2.24) is 9.78 Å². The largest absolute Gasteiger partial charge is 0.307 e. The molecule has 0 aliphatic carbocycles. The quantitative estimate of drug-likeness (QED) is 0.554. The van der Waals surface area contributed by atoms with Gasteiger partial charge in [-0.3, -0.25) is 4.79 Å². The van der Waals surface area contributed by atoms with E-state index in [4.69, 9.17) is 0 Å². The summed E-state index contributed by atoms with van der Waals surface area (Å²) in [6.45, 7) is 4.28. The Hall–Kier alpha value is -3.19. The molecule has 7 heteroatoms. The molecule has 0 bridgehead atoms. The SMILES string of the molecule is CC(C)c1ccc(C=CC(=O)Nc2cc(-c3ccccc3)nn2C2CCS(=O)(=O)C2)cc1. The van der Waals surface area contributed by atoms with Crippen LogP contribution in [0.5, 0.6) is 0 Å². The minimum atomic E-state index is -3.09. The van der Waals surface area contributed by atoms with Crippen molar-refractivity contribution in [3.05, 3.63) is 77.9 Å². The first-order valence-corrected chi connectivity index (χ1v) is 12.6. The van der Waals surface area contributed by atoms with Gasteiger partial charge in [0.05, 0.1) is 23.2 Å². The van der Waals surface area contributed by atoms with Crippen LogP contribution in [0.2, 0.25) is 0 Å². The van der Waals surface area contributed by atoms with E-state index < -0.39 is 9.84 Å². The van der Waals surface area contributed by atoms with Crippen LogP contribution in [0.3, 0.4) is 0 Å². The number of nitrogens with zero attached hydrogens (tertiary/aromatic N) is 2. The summed E-state index contributed by atoms with van der Waals surface area (Å²) < 4.78 is 25.7. The van der Waals surface area contributed by atoms with Gasteiger partial charge in [-0.2, -0.15) is 5.10 Å². The summed E-state index contributed by atoms with van der Waals surface area (Å²) in [7, 11) is -3.09. The normalized spacial score (nSPS) is 17.8. The number of carbonyl (C=O) groups is 1. The Morgan fingerprint density at radius 3 is 2.47 bits per heavy atom. The zero-order valence-corrected chi connectivity index (χ0v) is 19.0.